The topological polar surface area (TPSA) is 51.2 Å². The van der Waals surface area contributed by atoms with Gasteiger partial charge in [-0.05, 0) is 12.1 Å². The SMILES string of the molecule is CNC(=O)Oc1ccncc1. The van der Waals surface area contributed by atoms with Gasteiger partial charge in [-0.15, -0.1) is 0 Å². The number of nitrogens with zero attached hydrogens (tertiary/aromatic N) is 1. The molecule has 0 aliphatic carbocycles. The van der Waals surface area contributed by atoms with Crippen molar-refractivity contribution in [2.45, 2.75) is 0 Å². The van der Waals surface area contributed by atoms with Gasteiger partial charge in [-0.3, -0.25) is 4.98 Å². The monoisotopic (exact) mass is 152 g/mol. The number of pyridine rings is 1. The zero-order valence-corrected chi connectivity index (χ0v) is 6.07. The number of ether oxygens (including phenoxy) is 1. The molecule has 4 heteroatoms. The summed E-state index contributed by atoms with van der Waals surface area (Å²) >= 11 is 0. The average Bonchev–Trinajstić information content (AvgIpc) is 2.06. The van der Waals surface area contributed by atoms with Gasteiger partial charge in [-0.1, -0.05) is 0 Å². The van der Waals surface area contributed by atoms with Crippen molar-refractivity contribution in [3.8, 4) is 5.75 Å². The van der Waals surface area contributed by atoms with E-state index in [-0.39, 0.29) is 0 Å². The maximum atomic E-state index is 10.6. The van der Waals surface area contributed by atoms with Crippen LogP contribution in [0.3, 0.4) is 0 Å². The smallest absolute Gasteiger partial charge is 0.410 e. The molecule has 1 heterocycles. The summed E-state index contributed by atoms with van der Waals surface area (Å²) in [6, 6.07) is 3.21. The third kappa shape index (κ3) is 2.25. The highest BCUT2D eigenvalue weighted by Crippen LogP contribution is 2.05. The largest absolute Gasteiger partial charge is 0.412 e. The van der Waals surface area contributed by atoms with E-state index in [0.29, 0.717) is 5.75 Å². The molecule has 4 nitrogen and oxygen atoms in total. The van der Waals surface area contributed by atoms with Crippen LogP contribution in [-0.2, 0) is 0 Å². The van der Waals surface area contributed by atoms with Gasteiger partial charge in [0.05, 0.1) is 0 Å². The fraction of sp³-hybridized carbons (Fsp3) is 0.143. The first-order valence-electron chi connectivity index (χ1n) is 3.12. The molecular formula is C7H8N2O2. The van der Waals surface area contributed by atoms with Gasteiger partial charge in [0.1, 0.15) is 5.75 Å². The number of rotatable bonds is 1. The molecule has 1 aromatic heterocycles. The molecule has 1 amide bonds. The molecule has 0 aliphatic rings. The minimum absolute atomic E-state index is 0.476. The summed E-state index contributed by atoms with van der Waals surface area (Å²) in [6.45, 7) is 0. The number of amides is 1. The van der Waals surface area contributed by atoms with E-state index in [1.165, 1.54) is 7.05 Å². The quantitative estimate of drug-likeness (QED) is 0.647. The standard InChI is InChI=1S/C7H8N2O2/c1-8-7(10)11-6-2-4-9-5-3-6/h2-5H,1H3,(H,8,10). The van der Waals surface area contributed by atoms with Gasteiger partial charge >= 0.3 is 6.09 Å². The van der Waals surface area contributed by atoms with E-state index in [2.05, 4.69) is 10.3 Å². The van der Waals surface area contributed by atoms with Gasteiger partial charge in [0.25, 0.3) is 0 Å². The first kappa shape index (κ1) is 7.53. The van der Waals surface area contributed by atoms with Crippen molar-refractivity contribution in [3.05, 3.63) is 24.5 Å². The molecule has 0 saturated heterocycles. The predicted octanol–water partition coefficient (Wildman–Crippen LogP) is 0.800. The highest BCUT2D eigenvalue weighted by atomic mass is 16.5. The summed E-state index contributed by atoms with van der Waals surface area (Å²) in [4.78, 5) is 14.4. The number of carbonyl (C=O) groups excluding carboxylic acids is 1. The Balaban J connectivity index is 2.58. The average molecular weight is 152 g/mol. The summed E-state index contributed by atoms with van der Waals surface area (Å²) in [7, 11) is 1.50. The fourth-order valence-electron chi connectivity index (χ4n) is 0.564. The molecule has 0 fully saturated rings. The molecule has 0 bridgehead atoms. The lowest BCUT2D eigenvalue weighted by Gasteiger charge is -2.00. The number of hydrogen-bond acceptors (Lipinski definition) is 3. The van der Waals surface area contributed by atoms with Gasteiger partial charge in [0, 0.05) is 19.4 Å². The molecule has 1 N–H and O–H groups in total. The highest BCUT2D eigenvalue weighted by Gasteiger charge is 1.97. The van der Waals surface area contributed by atoms with Gasteiger partial charge in [0.2, 0.25) is 0 Å². The van der Waals surface area contributed by atoms with E-state index >= 15 is 0 Å². The van der Waals surface area contributed by atoms with Crippen LogP contribution in [0.4, 0.5) is 4.79 Å². The van der Waals surface area contributed by atoms with Crippen molar-refractivity contribution in [1.82, 2.24) is 10.3 Å². The zero-order valence-electron chi connectivity index (χ0n) is 6.07. The Hall–Kier alpha value is -1.58. The molecule has 0 aromatic carbocycles. The fourth-order valence-corrected chi connectivity index (χ4v) is 0.564. The van der Waals surface area contributed by atoms with Crippen LogP contribution in [0.25, 0.3) is 0 Å². The second kappa shape index (κ2) is 3.55. The molecule has 0 unspecified atom stereocenters. The second-order valence-electron chi connectivity index (χ2n) is 1.82. The lowest BCUT2D eigenvalue weighted by atomic mass is 10.5. The minimum atomic E-state index is -0.476. The van der Waals surface area contributed by atoms with Crippen molar-refractivity contribution in [2.24, 2.45) is 0 Å². The van der Waals surface area contributed by atoms with Crippen molar-refractivity contribution < 1.29 is 9.53 Å². The van der Waals surface area contributed by atoms with Crippen LogP contribution in [0.15, 0.2) is 24.5 Å². The van der Waals surface area contributed by atoms with Crippen LogP contribution < -0.4 is 10.1 Å². The van der Waals surface area contributed by atoms with Gasteiger partial charge in [0.15, 0.2) is 0 Å². The zero-order chi connectivity index (χ0) is 8.10. The predicted molar refractivity (Wildman–Crippen MR) is 39.3 cm³/mol. The molecule has 0 saturated carbocycles. The molecule has 0 aliphatic heterocycles. The van der Waals surface area contributed by atoms with Crippen molar-refractivity contribution in [2.75, 3.05) is 7.05 Å². The Labute approximate surface area is 64.2 Å². The molecule has 0 radical (unpaired) electrons. The van der Waals surface area contributed by atoms with Gasteiger partial charge in [-0.25, -0.2) is 4.79 Å². The third-order valence-electron chi connectivity index (χ3n) is 1.06. The first-order valence-corrected chi connectivity index (χ1v) is 3.12. The van der Waals surface area contributed by atoms with Gasteiger partial charge < -0.3 is 10.1 Å². The lowest BCUT2D eigenvalue weighted by Crippen LogP contribution is -2.21. The summed E-state index contributed by atoms with van der Waals surface area (Å²) < 4.78 is 4.77. The molecule has 58 valence electrons. The Morgan fingerprint density at radius 2 is 2.18 bits per heavy atom. The second-order valence-corrected chi connectivity index (χ2v) is 1.82. The van der Waals surface area contributed by atoms with Gasteiger partial charge in [-0.2, -0.15) is 0 Å². The maximum absolute atomic E-state index is 10.6. The summed E-state index contributed by atoms with van der Waals surface area (Å²) in [5.41, 5.74) is 0. The Kier molecular flexibility index (Phi) is 2.43. The normalized spacial score (nSPS) is 8.82. The van der Waals surface area contributed by atoms with E-state index < -0.39 is 6.09 Å². The van der Waals surface area contributed by atoms with Crippen LogP contribution in [0.1, 0.15) is 0 Å². The summed E-state index contributed by atoms with van der Waals surface area (Å²) in [5, 5.41) is 2.33. The molecule has 0 spiro atoms. The minimum Gasteiger partial charge on any atom is -0.410 e. The van der Waals surface area contributed by atoms with E-state index in [9.17, 15) is 4.79 Å². The van der Waals surface area contributed by atoms with Crippen LogP contribution in [0, 0.1) is 0 Å². The molecule has 0 atom stereocenters. The highest BCUT2D eigenvalue weighted by molar-refractivity contribution is 5.69. The van der Waals surface area contributed by atoms with E-state index in [4.69, 9.17) is 4.74 Å². The first-order chi connectivity index (χ1) is 5.33. The van der Waals surface area contributed by atoms with Crippen molar-refractivity contribution >= 4 is 6.09 Å². The third-order valence-corrected chi connectivity index (χ3v) is 1.06. The Bertz CT molecular complexity index is 235. The van der Waals surface area contributed by atoms with Crippen molar-refractivity contribution in [3.63, 3.8) is 0 Å². The number of hydrogen-bond donors (Lipinski definition) is 1. The molecule has 11 heavy (non-hydrogen) atoms. The van der Waals surface area contributed by atoms with E-state index in [1.807, 2.05) is 0 Å². The molecule has 1 aromatic rings. The number of carbonyl (C=O) groups is 1. The van der Waals surface area contributed by atoms with Crippen LogP contribution in [0.2, 0.25) is 0 Å². The van der Waals surface area contributed by atoms with Crippen LogP contribution >= 0.6 is 0 Å². The van der Waals surface area contributed by atoms with Crippen LogP contribution in [0.5, 0.6) is 5.75 Å². The lowest BCUT2D eigenvalue weighted by molar-refractivity contribution is 0.203. The summed E-state index contributed by atoms with van der Waals surface area (Å²) in [5.74, 6) is 0.486. The number of aromatic nitrogens is 1. The summed E-state index contributed by atoms with van der Waals surface area (Å²) in [6.07, 6.45) is 2.63. The molecular weight excluding hydrogens is 144 g/mol. The van der Waals surface area contributed by atoms with Crippen molar-refractivity contribution in [1.29, 1.82) is 0 Å². The van der Waals surface area contributed by atoms with E-state index in [1.54, 1.807) is 24.5 Å². The molecule has 1 rings (SSSR count). The van der Waals surface area contributed by atoms with E-state index in [0.717, 1.165) is 0 Å². The number of nitrogens with one attached hydrogen (secondary N) is 1. The maximum Gasteiger partial charge on any atom is 0.412 e. The Morgan fingerprint density at radius 3 is 2.73 bits per heavy atom. The van der Waals surface area contributed by atoms with Crippen LogP contribution in [-0.4, -0.2) is 18.1 Å². The Morgan fingerprint density at radius 1 is 1.55 bits per heavy atom.